The van der Waals surface area contributed by atoms with Gasteiger partial charge in [-0.25, -0.2) is 0 Å². The number of carbonyl (C=O) groups excluding carboxylic acids is 1. The van der Waals surface area contributed by atoms with E-state index in [0.29, 0.717) is 12.0 Å². The second-order valence-electron chi connectivity index (χ2n) is 4.40. The SMILES string of the molecule is O=C(NCCCC1CNCCO1)C1CC1. The molecule has 0 aromatic carbocycles. The van der Waals surface area contributed by atoms with E-state index in [1.54, 1.807) is 0 Å². The predicted octanol–water partition coefficient (Wildman–Crippen LogP) is 0.281. The lowest BCUT2D eigenvalue weighted by Gasteiger charge is -2.23. The maximum absolute atomic E-state index is 11.3. The van der Waals surface area contributed by atoms with Crippen molar-refractivity contribution in [1.82, 2.24) is 10.6 Å². The molecule has 1 saturated heterocycles. The summed E-state index contributed by atoms with van der Waals surface area (Å²) in [6, 6.07) is 0. The van der Waals surface area contributed by atoms with Gasteiger partial charge in [0.05, 0.1) is 12.7 Å². The van der Waals surface area contributed by atoms with Gasteiger partial charge in [-0.15, -0.1) is 0 Å². The molecule has 1 unspecified atom stereocenters. The quantitative estimate of drug-likeness (QED) is 0.644. The van der Waals surface area contributed by atoms with E-state index in [1.165, 1.54) is 0 Å². The third-order valence-electron chi connectivity index (χ3n) is 2.95. The molecule has 15 heavy (non-hydrogen) atoms. The summed E-state index contributed by atoms with van der Waals surface area (Å²) < 4.78 is 5.57. The molecule has 1 aliphatic carbocycles. The average Bonchev–Trinajstić information content (AvgIpc) is 3.09. The fourth-order valence-corrected chi connectivity index (χ4v) is 1.84. The van der Waals surface area contributed by atoms with Crippen LogP contribution in [-0.2, 0) is 9.53 Å². The molecule has 2 fully saturated rings. The third-order valence-corrected chi connectivity index (χ3v) is 2.95. The Morgan fingerprint density at radius 2 is 2.33 bits per heavy atom. The van der Waals surface area contributed by atoms with E-state index in [9.17, 15) is 4.79 Å². The Morgan fingerprint density at radius 1 is 1.47 bits per heavy atom. The summed E-state index contributed by atoms with van der Waals surface area (Å²) in [7, 11) is 0. The first-order valence-corrected chi connectivity index (χ1v) is 5.96. The fourth-order valence-electron chi connectivity index (χ4n) is 1.84. The van der Waals surface area contributed by atoms with Gasteiger partial charge in [0.15, 0.2) is 0 Å². The first-order valence-electron chi connectivity index (χ1n) is 5.96. The standard InChI is InChI=1S/C11H20N2O2/c14-11(9-3-4-9)13-5-1-2-10-8-12-6-7-15-10/h9-10,12H,1-8H2,(H,13,14). The van der Waals surface area contributed by atoms with Gasteiger partial charge in [0.25, 0.3) is 0 Å². The molecular weight excluding hydrogens is 192 g/mol. The van der Waals surface area contributed by atoms with Gasteiger partial charge in [0, 0.05) is 25.6 Å². The molecule has 4 heteroatoms. The zero-order chi connectivity index (χ0) is 10.5. The Kier molecular flexibility index (Phi) is 3.97. The number of rotatable bonds is 5. The molecular formula is C11H20N2O2. The van der Waals surface area contributed by atoms with E-state index in [-0.39, 0.29) is 5.91 Å². The predicted molar refractivity (Wildman–Crippen MR) is 57.6 cm³/mol. The normalized spacial score (nSPS) is 26.3. The lowest BCUT2D eigenvalue weighted by molar-refractivity contribution is -0.122. The maximum atomic E-state index is 11.3. The molecule has 1 heterocycles. The summed E-state index contributed by atoms with van der Waals surface area (Å²) >= 11 is 0. The van der Waals surface area contributed by atoms with E-state index < -0.39 is 0 Å². The summed E-state index contributed by atoms with van der Waals surface area (Å²) in [6.07, 6.45) is 4.57. The van der Waals surface area contributed by atoms with Crippen LogP contribution < -0.4 is 10.6 Å². The van der Waals surface area contributed by atoms with E-state index >= 15 is 0 Å². The van der Waals surface area contributed by atoms with E-state index in [1.807, 2.05) is 0 Å². The molecule has 0 spiro atoms. The number of carbonyl (C=O) groups is 1. The highest BCUT2D eigenvalue weighted by atomic mass is 16.5. The van der Waals surface area contributed by atoms with Gasteiger partial charge in [-0.1, -0.05) is 0 Å². The molecule has 1 amide bonds. The van der Waals surface area contributed by atoms with Crippen molar-refractivity contribution in [1.29, 1.82) is 0 Å². The van der Waals surface area contributed by atoms with Crippen LogP contribution in [0.4, 0.5) is 0 Å². The number of ether oxygens (including phenoxy) is 1. The highest BCUT2D eigenvalue weighted by Gasteiger charge is 2.29. The summed E-state index contributed by atoms with van der Waals surface area (Å²) in [5.41, 5.74) is 0. The van der Waals surface area contributed by atoms with Crippen LogP contribution in [0.2, 0.25) is 0 Å². The molecule has 86 valence electrons. The van der Waals surface area contributed by atoms with Crippen molar-refractivity contribution in [3.8, 4) is 0 Å². The smallest absolute Gasteiger partial charge is 0.223 e. The minimum absolute atomic E-state index is 0.248. The third kappa shape index (κ3) is 3.80. The molecule has 0 radical (unpaired) electrons. The van der Waals surface area contributed by atoms with Gasteiger partial charge in [-0.3, -0.25) is 4.79 Å². The Labute approximate surface area is 90.8 Å². The van der Waals surface area contributed by atoms with Gasteiger partial charge >= 0.3 is 0 Å². The fraction of sp³-hybridized carbons (Fsp3) is 0.909. The summed E-state index contributed by atoms with van der Waals surface area (Å²) in [6.45, 7) is 3.54. The molecule has 2 rings (SSSR count). The van der Waals surface area contributed by atoms with Gasteiger partial charge in [0.1, 0.15) is 0 Å². The van der Waals surface area contributed by atoms with Crippen LogP contribution in [0.5, 0.6) is 0 Å². The van der Waals surface area contributed by atoms with Crippen molar-refractivity contribution in [2.75, 3.05) is 26.2 Å². The van der Waals surface area contributed by atoms with Crippen molar-refractivity contribution in [2.45, 2.75) is 31.8 Å². The molecule has 1 atom stereocenters. The number of hydrogen-bond acceptors (Lipinski definition) is 3. The van der Waals surface area contributed by atoms with Crippen LogP contribution in [0.1, 0.15) is 25.7 Å². The van der Waals surface area contributed by atoms with Crippen LogP contribution in [0, 0.1) is 5.92 Å². The summed E-state index contributed by atoms with van der Waals surface area (Å²) in [5, 5.41) is 6.27. The number of hydrogen-bond donors (Lipinski definition) is 2. The van der Waals surface area contributed by atoms with Crippen molar-refractivity contribution in [2.24, 2.45) is 5.92 Å². The van der Waals surface area contributed by atoms with Gasteiger partial charge in [-0.05, 0) is 25.7 Å². The maximum Gasteiger partial charge on any atom is 0.223 e. The minimum atomic E-state index is 0.248. The second-order valence-corrected chi connectivity index (χ2v) is 4.40. The van der Waals surface area contributed by atoms with Gasteiger partial charge in [-0.2, -0.15) is 0 Å². The number of amides is 1. The zero-order valence-corrected chi connectivity index (χ0v) is 9.13. The van der Waals surface area contributed by atoms with Crippen LogP contribution in [0.3, 0.4) is 0 Å². The molecule has 0 bridgehead atoms. The van der Waals surface area contributed by atoms with E-state index in [0.717, 1.165) is 51.9 Å². The van der Waals surface area contributed by atoms with Crippen molar-refractivity contribution >= 4 is 5.91 Å². The van der Waals surface area contributed by atoms with Crippen LogP contribution >= 0.6 is 0 Å². The summed E-state index contributed by atoms with van der Waals surface area (Å²) in [5.74, 6) is 0.579. The topological polar surface area (TPSA) is 50.4 Å². The monoisotopic (exact) mass is 212 g/mol. The van der Waals surface area contributed by atoms with E-state index in [2.05, 4.69) is 10.6 Å². The van der Waals surface area contributed by atoms with Crippen molar-refractivity contribution in [3.05, 3.63) is 0 Å². The van der Waals surface area contributed by atoms with Gasteiger partial charge < -0.3 is 15.4 Å². The molecule has 0 aromatic heterocycles. The zero-order valence-electron chi connectivity index (χ0n) is 9.13. The van der Waals surface area contributed by atoms with Crippen LogP contribution in [0.25, 0.3) is 0 Å². The van der Waals surface area contributed by atoms with Gasteiger partial charge in [0.2, 0.25) is 5.91 Å². The Morgan fingerprint density at radius 3 is 3.00 bits per heavy atom. The number of nitrogens with one attached hydrogen (secondary N) is 2. The average molecular weight is 212 g/mol. The Balaban J connectivity index is 1.48. The highest BCUT2D eigenvalue weighted by Crippen LogP contribution is 2.28. The molecule has 0 aromatic rings. The van der Waals surface area contributed by atoms with Crippen LogP contribution in [-0.4, -0.2) is 38.3 Å². The van der Waals surface area contributed by atoms with Crippen LogP contribution in [0.15, 0.2) is 0 Å². The highest BCUT2D eigenvalue weighted by molar-refractivity contribution is 5.80. The second kappa shape index (κ2) is 5.47. The number of morpholine rings is 1. The summed E-state index contributed by atoms with van der Waals surface area (Å²) in [4.78, 5) is 11.3. The van der Waals surface area contributed by atoms with E-state index in [4.69, 9.17) is 4.74 Å². The first-order chi connectivity index (χ1) is 7.36. The van der Waals surface area contributed by atoms with Crippen molar-refractivity contribution in [3.63, 3.8) is 0 Å². The van der Waals surface area contributed by atoms with Crippen molar-refractivity contribution < 1.29 is 9.53 Å². The lowest BCUT2D eigenvalue weighted by atomic mass is 10.2. The molecule has 2 N–H and O–H groups in total. The molecule has 2 aliphatic rings. The minimum Gasteiger partial charge on any atom is -0.376 e. The first kappa shape index (κ1) is 10.9. The molecule has 4 nitrogen and oxygen atoms in total. The Bertz CT molecular complexity index is 211. The molecule has 1 aliphatic heterocycles. The molecule has 1 saturated carbocycles. The lowest BCUT2D eigenvalue weighted by Crippen LogP contribution is -2.38. The largest absolute Gasteiger partial charge is 0.376 e. The Hall–Kier alpha value is -0.610.